The van der Waals surface area contributed by atoms with Crippen molar-refractivity contribution >= 4 is 5.91 Å². The number of amides is 1. The van der Waals surface area contributed by atoms with Gasteiger partial charge in [-0.1, -0.05) is 42.5 Å². The van der Waals surface area contributed by atoms with E-state index in [-0.39, 0.29) is 35.5 Å². The molecular weight excluding hydrogens is 173 g/mol. The van der Waals surface area contributed by atoms with E-state index in [9.17, 15) is 4.79 Å². The molecule has 0 fully saturated rings. The largest absolute Gasteiger partial charge is 1.00 e. The molecule has 0 radical (unpaired) electrons. The maximum absolute atomic E-state index is 10.7. The summed E-state index contributed by atoms with van der Waals surface area (Å²) in [5.41, 5.74) is 1.03. The molecule has 0 heterocycles. The van der Waals surface area contributed by atoms with Gasteiger partial charge in [0.25, 0.3) is 0 Å². The standard InChI is InChI=1S/C10H11NO.Na/c1-2-10(12)11-8-9-6-4-3-5-7-9;/h2-7H,1,8H2,(H,11,12);/q;+1/p-1. The van der Waals surface area contributed by atoms with Gasteiger partial charge in [-0.2, -0.15) is 0 Å². The number of benzene rings is 1. The van der Waals surface area contributed by atoms with Gasteiger partial charge in [-0.15, -0.1) is 6.54 Å². The second kappa shape index (κ2) is 6.89. The smallest absolute Gasteiger partial charge is 0.646 e. The van der Waals surface area contributed by atoms with Crippen LogP contribution in [0.3, 0.4) is 0 Å². The monoisotopic (exact) mass is 183 g/mol. The summed E-state index contributed by atoms with van der Waals surface area (Å²) in [7, 11) is 0. The number of carbonyl (C=O) groups is 1. The Balaban J connectivity index is 0.00000144. The number of carbonyl (C=O) groups excluding carboxylic acids is 1. The Morgan fingerprint density at radius 3 is 2.54 bits per heavy atom. The first kappa shape index (κ1) is 12.4. The molecule has 0 aromatic heterocycles. The van der Waals surface area contributed by atoms with Crippen molar-refractivity contribution in [3.05, 3.63) is 53.9 Å². The molecule has 1 aromatic carbocycles. The fraction of sp³-hybridized carbons (Fsp3) is 0.100. The molecule has 0 N–H and O–H groups in total. The van der Waals surface area contributed by atoms with Crippen LogP contribution in [0.25, 0.3) is 5.32 Å². The van der Waals surface area contributed by atoms with E-state index < -0.39 is 0 Å². The third-order valence-electron chi connectivity index (χ3n) is 1.43. The number of rotatable bonds is 3. The Kier molecular flexibility index (Phi) is 6.59. The van der Waals surface area contributed by atoms with Crippen molar-refractivity contribution in [1.82, 2.24) is 0 Å². The summed E-state index contributed by atoms with van der Waals surface area (Å²) in [6.07, 6.45) is 1.21. The molecule has 2 nitrogen and oxygen atoms in total. The van der Waals surface area contributed by atoms with Crippen LogP contribution in [0.4, 0.5) is 0 Å². The topological polar surface area (TPSA) is 31.2 Å². The van der Waals surface area contributed by atoms with Gasteiger partial charge < -0.3 is 10.1 Å². The summed E-state index contributed by atoms with van der Waals surface area (Å²) in [6, 6.07) is 9.63. The Morgan fingerprint density at radius 1 is 1.38 bits per heavy atom. The minimum absolute atomic E-state index is 0. The summed E-state index contributed by atoms with van der Waals surface area (Å²) < 4.78 is 0. The van der Waals surface area contributed by atoms with E-state index in [4.69, 9.17) is 0 Å². The van der Waals surface area contributed by atoms with E-state index in [1.165, 1.54) is 6.08 Å². The summed E-state index contributed by atoms with van der Waals surface area (Å²) in [4.78, 5) is 10.7. The van der Waals surface area contributed by atoms with Gasteiger partial charge in [-0.05, 0) is 6.08 Å². The summed E-state index contributed by atoms with van der Waals surface area (Å²) in [6.45, 7) is 3.77. The Morgan fingerprint density at radius 2 is 2.00 bits per heavy atom. The van der Waals surface area contributed by atoms with E-state index in [0.29, 0.717) is 6.54 Å². The molecule has 0 aliphatic carbocycles. The average Bonchev–Trinajstić information content (AvgIpc) is 2.16. The fourth-order valence-electron chi connectivity index (χ4n) is 0.817. The molecule has 1 aromatic rings. The van der Waals surface area contributed by atoms with Gasteiger partial charge >= 0.3 is 29.6 Å². The first-order chi connectivity index (χ1) is 5.83. The Bertz CT molecular complexity index is 272. The third kappa shape index (κ3) is 4.88. The minimum Gasteiger partial charge on any atom is -0.646 e. The molecular formula is C10H10NNaO. The molecule has 0 unspecified atom stereocenters. The zero-order chi connectivity index (χ0) is 8.81. The maximum Gasteiger partial charge on any atom is 1.00 e. The van der Waals surface area contributed by atoms with Crippen molar-refractivity contribution < 1.29 is 34.4 Å². The van der Waals surface area contributed by atoms with Crippen LogP contribution in [0.5, 0.6) is 0 Å². The van der Waals surface area contributed by atoms with Crippen molar-refractivity contribution in [2.24, 2.45) is 0 Å². The van der Waals surface area contributed by atoms with E-state index in [0.717, 1.165) is 5.56 Å². The molecule has 0 saturated heterocycles. The fourth-order valence-corrected chi connectivity index (χ4v) is 0.817. The van der Waals surface area contributed by atoms with Gasteiger partial charge in [-0.25, -0.2) is 0 Å². The van der Waals surface area contributed by atoms with Crippen LogP contribution in [0, 0.1) is 0 Å². The van der Waals surface area contributed by atoms with Crippen molar-refractivity contribution in [3.8, 4) is 0 Å². The molecule has 1 rings (SSSR count). The van der Waals surface area contributed by atoms with Gasteiger partial charge in [0.2, 0.25) is 0 Å². The quantitative estimate of drug-likeness (QED) is 0.449. The molecule has 3 heteroatoms. The minimum atomic E-state index is -0.265. The van der Waals surface area contributed by atoms with E-state index in [1.807, 2.05) is 30.3 Å². The normalized spacial score (nSPS) is 8.31. The van der Waals surface area contributed by atoms with Crippen LogP contribution in [-0.2, 0) is 11.3 Å². The zero-order valence-corrected chi connectivity index (χ0v) is 9.73. The summed E-state index contributed by atoms with van der Waals surface area (Å²) in [5, 5.41) is 3.76. The SMILES string of the molecule is C=CC(=O)[N-]Cc1ccccc1.[Na+]. The molecule has 1 amide bonds. The maximum atomic E-state index is 10.7. The van der Waals surface area contributed by atoms with Crippen LogP contribution >= 0.6 is 0 Å². The van der Waals surface area contributed by atoms with Gasteiger partial charge in [-0.3, -0.25) is 0 Å². The first-order valence-electron chi connectivity index (χ1n) is 3.71. The van der Waals surface area contributed by atoms with Crippen LogP contribution in [0.2, 0.25) is 0 Å². The van der Waals surface area contributed by atoms with Crippen molar-refractivity contribution in [3.63, 3.8) is 0 Å². The number of hydrogen-bond donors (Lipinski definition) is 0. The van der Waals surface area contributed by atoms with Crippen molar-refractivity contribution in [2.75, 3.05) is 0 Å². The van der Waals surface area contributed by atoms with Gasteiger partial charge in [0.05, 0.1) is 5.91 Å². The Labute approximate surface area is 100 Å². The van der Waals surface area contributed by atoms with E-state index in [2.05, 4.69) is 11.9 Å². The molecule has 0 aliphatic rings. The second-order valence-electron chi connectivity index (χ2n) is 2.34. The van der Waals surface area contributed by atoms with Gasteiger partial charge in [0.15, 0.2) is 0 Å². The van der Waals surface area contributed by atoms with Gasteiger partial charge in [0, 0.05) is 0 Å². The third-order valence-corrected chi connectivity index (χ3v) is 1.43. The second-order valence-corrected chi connectivity index (χ2v) is 2.34. The molecule has 0 saturated carbocycles. The predicted molar refractivity (Wildman–Crippen MR) is 48.7 cm³/mol. The van der Waals surface area contributed by atoms with E-state index >= 15 is 0 Å². The predicted octanol–water partition coefficient (Wildman–Crippen LogP) is -0.723. The van der Waals surface area contributed by atoms with Gasteiger partial charge in [0.1, 0.15) is 0 Å². The molecule has 0 aliphatic heterocycles. The van der Waals surface area contributed by atoms with Crippen LogP contribution in [0.1, 0.15) is 5.56 Å². The van der Waals surface area contributed by atoms with Crippen LogP contribution in [-0.4, -0.2) is 5.91 Å². The van der Waals surface area contributed by atoms with Crippen LogP contribution < -0.4 is 29.6 Å². The van der Waals surface area contributed by atoms with Crippen LogP contribution in [0.15, 0.2) is 43.0 Å². The number of hydrogen-bond acceptors (Lipinski definition) is 1. The van der Waals surface area contributed by atoms with E-state index in [1.54, 1.807) is 0 Å². The first-order valence-corrected chi connectivity index (χ1v) is 3.71. The van der Waals surface area contributed by atoms with Crippen molar-refractivity contribution in [1.29, 1.82) is 0 Å². The molecule has 0 atom stereocenters. The average molecular weight is 183 g/mol. The molecule has 13 heavy (non-hydrogen) atoms. The summed E-state index contributed by atoms with van der Waals surface area (Å²) in [5.74, 6) is -0.265. The zero-order valence-electron chi connectivity index (χ0n) is 7.73. The molecule has 62 valence electrons. The summed E-state index contributed by atoms with van der Waals surface area (Å²) >= 11 is 0. The van der Waals surface area contributed by atoms with Crippen molar-refractivity contribution in [2.45, 2.75) is 6.54 Å². The number of nitrogens with zero attached hydrogens (tertiary/aromatic N) is 1. The molecule has 0 spiro atoms. The molecule has 0 bridgehead atoms. The Hall–Kier alpha value is -0.570.